The van der Waals surface area contributed by atoms with Gasteiger partial charge in [-0.1, -0.05) is 30.4 Å². The van der Waals surface area contributed by atoms with Gasteiger partial charge in [-0.05, 0) is 25.8 Å². The zero-order chi connectivity index (χ0) is 16.8. The van der Waals surface area contributed by atoms with Crippen molar-refractivity contribution >= 4 is 17.1 Å². The van der Waals surface area contributed by atoms with Crippen LogP contribution in [0.15, 0.2) is 47.3 Å². The SMILES string of the molecule is CCOC1=C2C=CCC3=C2c2c(cccc2C1OCC)C(=O)C3=O. The normalized spacial score (nSPS) is 21.3. The zero-order valence-corrected chi connectivity index (χ0v) is 13.7. The van der Waals surface area contributed by atoms with Gasteiger partial charge in [0.25, 0.3) is 0 Å². The van der Waals surface area contributed by atoms with Crippen molar-refractivity contribution in [3.8, 4) is 0 Å². The van der Waals surface area contributed by atoms with Crippen molar-refractivity contribution in [1.29, 1.82) is 0 Å². The minimum Gasteiger partial charge on any atom is -0.494 e. The van der Waals surface area contributed by atoms with E-state index < -0.39 is 11.6 Å². The van der Waals surface area contributed by atoms with Gasteiger partial charge in [0.2, 0.25) is 11.6 Å². The predicted octanol–water partition coefficient (Wildman–Crippen LogP) is 3.55. The van der Waals surface area contributed by atoms with Gasteiger partial charge < -0.3 is 9.47 Å². The van der Waals surface area contributed by atoms with Crippen LogP contribution in [-0.2, 0) is 14.3 Å². The number of hydrogen-bond donors (Lipinski definition) is 0. The lowest BCUT2D eigenvalue weighted by molar-refractivity contribution is -0.111. The average molecular weight is 322 g/mol. The molecule has 0 N–H and O–H groups in total. The number of benzene rings is 1. The van der Waals surface area contributed by atoms with Crippen LogP contribution in [0.2, 0.25) is 0 Å². The van der Waals surface area contributed by atoms with Gasteiger partial charge in [-0.15, -0.1) is 0 Å². The third-order valence-electron chi connectivity index (χ3n) is 4.67. The summed E-state index contributed by atoms with van der Waals surface area (Å²) in [5, 5.41) is 0. The second-order valence-corrected chi connectivity index (χ2v) is 5.93. The number of rotatable bonds is 4. The molecule has 1 aromatic rings. The average Bonchev–Trinajstić information content (AvgIpc) is 2.61. The maximum absolute atomic E-state index is 12.5. The van der Waals surface area contributed by atoms with E-state index in [-0.39, 0.29) is 6.10 Å². The summed E-state index contributed by atoms with van der Waals surface area (Å²) in [6.07, 6.45) is 4.03. The lowest BCUT2D eigenvalue weighted by Crippen LogP contribution is -2.30. The largest absolute Gasteiger partial charge is 0.494 e. The minimum absolute atomic E-state index is 0.353. The summed E-state index contributed by atoms with van der Waals surface area (Å²) in [5.41, 5.74) is 4.53. The van der Waals surface area contributed by atoms with Gasteiger partial charge in [0.1, 0.15) is 11.9 Å². The van der Waals surface area contributed by atoms with Gasteiger partial charge in [0.15, 0.2) is 0 Å². The van der Waals surface area contributed by atoms with Crippen molar-refractivity contribution in [2.75, 3.05) is 13.2 Å². The van der Waals surface area contributed by atoms with Gasteiger partial charge in [-0.2, -0.15) is 0 Å². The van der Waals surface area contributed by atoms with Crippen LogP contribution in [0, 0.1) is 0 Å². The molecule has 0 radical (unpaired) electrons. The molecule has 0 aliphatic heterocycles. The molecule has 0 heterocycles. The van der Waals surface area contributed by atoms with Crippen molar-refractivity contribution < 1.29 is 19.1 Å². The summed E-state index contributed by atoms with van der Waals surface area (Å²) in [4.78, 5) is 25.1. The molecule has 0 fully saturated rings. The Morgan fingerprint density at radius 3 is 2.71 bits per heavy atom. The highest BCUT2D eigenvalue weighted by Gasteiger charge is 2.42. The highest BCUT2D eigenvalue weighted by atomic mass is 16.5. The Morgan fingerprint density at radius 1 is 1.12 bits per heavy atom. The summed E-state index contributed by atoms with van der Waals surface area (Å²) in [7, 11) is 0. The van der Waals surface area contributed by atoms with Crippen molar-refractivity contribution in [2.24, 2.45) is 0 Å². The Kier molecular flexibility index (Phi) is 3.50. The summed E-state index contributed by atoms with van der Waals surface area (Å²) in [6.45, 7) is 4.91. The number of carbonyl (C=O) groups is 2. The quantitative estimate of drug-likeness (QED) is 0.796. The molecule has 3 aliphatic carbocycles. The standard InChI is InChI=1S/C20H18O4/c1-3-23-19-13-9-5-7-11-15(13)16-12(18(22)17(11)21)8-6-10-14(16)20(19)24-4-2/h5-7,9-10,19H,3-4,8H2,1-2H3. The summed E-state index contributed by atoms with van der Waals surface area (Å²) in [6, 6.07) is 5.50. The second kappa shape index (κ2) is 5.56. The lowest BCUT2D eigenvalue weighted by atomic mass is 9.71. The third-order valence-corrected chi connectivity index (χ3v) is 4.67. The Balaban J connectivity index is 2.08. The smallest absolute Gasteiger partial charge is 0.233 e. The highest BCUT2D eigenvalue weighted by Crippen LogP contribution is 2.50. The molecule has 4 nitrogen and oxygen atoms in total. The highest BCUT2D eigenvalue weighted by molar-refractivity contribution is 6.53. The van der Waals surface area contributed by atoms with Crippen LogP contribution in [0.25, 0.3) is 5.57 Å². The van der Waals surface area contributed by atoms with Gasteiger partial charge in [0, 0.05) is 34.5 Å². The molecule has 1 atom stereocenters. The van der Waals surface area contributed by atoms with E-state index in [0.29, 0.717) is 30.8 Å². The molecule has 122 valence electrons. The fourth-order valence-corrected chi connectivity index (χ4v) is 3.78. The van der Waals surface area contributed by atoms with E-state index in [2.05, 4.69) is 0 Å². The van der Waals surface area contributed by atoms with Crippen LogP contribution in [0.4, 0.5) is 0 Å². The molecule has 0 bridgehead atoms. The number of Topliss-reactive ketones (excluding diaryl/α,β-unsaturated/α-hetero) is 2. The molecule has 24 heavy (non-hydrogen) atoms. The Morgan fingerprint density at radius 2 is 1.96 bits per heavy atom. The third kappa shape index (κ3) is 1.89. The molecule has 0 amide bonds. The molecule has 1 unspecified atom stereocenters. The first-order valence-corrected chi connectivity index (χ1v) is 8.29. The van der Waals surface area contributed by atoms with E-state index in [1.807, 2.05) is 38.1 Å². The summed E-state index contributed by atoms with van der Waals surface area (Å²) < 4.78 is 11.9. The number of hydrogen-bond acceptors (Lipinski definition) is 4. The maximum atomic E-state index is 12.5. The van der Waals surface area contributed by atoms with Gasteiger partial charge >= 0.3 is 0 Å². The first-order valence-electron chi connectivity index (χ1n) is 8.29. The Bertz CT molecular complexity index is 854. The molecule has 0 spiro atoms. The fraction of sp³-hybridized carbons (Fsp3) is 0.300. The zero-order valence-electron chi connectivity index (χ0n) is 13.7. The van der Waals surface area contributed by atoms with E-state index in [0.717, 1.165) is 28.0 Å². The van der Waals surface area contributed by atoms with E-state index in [1.54, 1.807) is 6.07 Å². The van der Waals surface area contributed by atoms with Crippen LogP contribution in [0.5, 0.6) is 0 Å². The molecular formula is C20H18O4. The number of ketones is 2. The lowest BCUT2D eigenvalue weighted by Gasteiger charge is -2.36. The Labute approximate surface area is 140 Å². The number of allylic oxidation sites excluding steroid dienone is 5. The van der Waals surface area contributed by atoms with Gasteiger partial charge in [-0.25, -0.2) is 0 Å². The summed E-state index contributed by atoms with van der Waals surface area (Å²) in [5.74, 6) is -0.0906. The first-order chi connectivity index (χ1) is 11.7. The number of ether oxygens (including phenoxy) is 2. The van der Waals surface area contributed by atoms with Crippen molar-refractivity contribution in [3.63, 3.8) is 0 Å². The first kappa shape index (κ1) is 15.1. The second-order valence-electron chi connectivity index (χ2n) is 5.93. The molecule has 0 aromatic heterocycles. The Hall–Kier alpha value is -2.46. The van der Waals surface area contributed by atoms with Crippen LogP contribution in [-0.4, -0.2) is 24.8 Å². The van der Waals surface area contributed by atoms with Crippen molar-refractivity contribution in [3.05, 3.63) is 63.9 Å². The molecule has 4 heteroatoms. The van der Waals surface area contributed by atoms with Crippen LogP contribution in [0.1, 0.15) is 47.9 Å². The molecule has 0 saturated carbocycles. The van der Waals surface area contributed by atoms with Crippen LogP contribution in [0.3, 0.4) is 0 Å². The topological polar surface area (TPSA) is 52.6 Å². The van der Waals surface area contributed by atoms with Crippen LogP contribution < -0.4 is 0 Å². The molecule has 4 rings (SSSR count). The number of carbonyl (C=O) groups excluding carboxylic acids is 2. The molecule has 1 aromatic carbocycles. The minimum atomic E-state index is -0.421. The van der Waals surface area contributed by atoms with E-state index in [1.165, 1.54) is 0 Å². The van der Waals surface area contributed by atoms with Gasteiger partial charge in [-0.3, -0.25) is 9.59 Å². The fourth-order valence-electron chi connectivity index (χ4n) is 3.78. The summed E-state index contributed by atoms with van der Waals surface area (Å²) >= 11 is 0. The molecule has 0 saturated heterocycles. The maximum Gasteiger partial charge on any atom is 0.233 e. The molecule has 3 aliphatic rings. The van der Waals surface area contributed by atoms with Gasteiger partial charge in [0.05, 0.1) is 6.61 Å². The van der Waals surface area contributed by atoms with Crippen LogP contribution >= 0.6 is 0 Å². The van der Waals surface area contributed by atoms with E-state index in [9.17, 15) is 9.59 Å². The molecular weight excluding hydrogens is 304 g/mol. The van der Waals surface area contributed by atoms with Crippen molar-refractivity contribution in [2.45, 2.75) is 26.4 Å². The van der Waals surface area contributed by atoms with Crippen molar-refractivity contribution in [1.82, 2.24) is 0 Å². The van der Waals surface area contributed by atoms with E-state index >= 15 is 0 Å². The van der Waals surface area contributed by atoms with E-state index in [4.69, 9.17) is 9.47 Å². The predicted molar refractivity (Wildman–Crippen MR) is 89.5 cm³/mol. The monoisotopic (exact) mass is 322 g/mol.